The van der Waals surface area contributed by atoms with Gasteiger partial charge in [0, 0.05) is 18.2 Å². The molecule has 2 saturated carbocycles. The largest absolute Gasteiger partial charge is 0.380 e. The van der Waals surface area contributed by atoms with Gasteiger partial charge < -0.3 is 15.7 Å². The molecule has 2 aliphatic carbocycles. The predicted octanol–water partition coefficient (Wildman–Crippen LogP) is 2.74. The Morgan fingerprint density at radius 1 is 1.12 bits per heavy atom. The summed E-state index contributed by atoms with van der Waals surface area (Å²) in [6, 6.07) is 7.52. The molecule has 0 saturated heterocycles. The summed E-state index contributed by atoms with van der Waals surface area (Å²) in [6.45, 7) is 0.355. The van der Waals surface area contributed by atoms with Crippen molar-refractivity contribution in [1.29, 1.82) is 0 Å². The summed E-state index contributed by atoms with van der Waals surface area (Å²) in [4.78, 5) is 24.3. The Bertz CT molecular complexity index is 604. The lowest BCUT2D eigenvalue weighted by Crippen LogP contribution is -2.51. The van der Waals surface area contributed by atoms with E-state index in [0.717, 1.165) is 43.4 Å². The minimum atomic E-state index is -1.17. The lowest BCUT2D eigenvalue weighted by molar-refractivity contribution is -0.148. The molecule has 1 aromatic carbocycles. The van der Waals surface area contributed by atoms with Crippen LogP contribution in [0.5, 0.6) is 0 Å². The molecule has 5 heteroatoms. The summed E-state index contributed by atoms with van der Waals surface area (Å²) in [5.74, 6) is -0.0833. The molecule has 0 unspecified atom stereocenters. The molecule has 130 valence electrons. The fraction of sp³-hybridized carbons (Fsp3) is 0.579. The summed E-state index contributed by atoms with van der Waals surface area (Å²) in [6.07, 6.45) is 7.41. The smallest absolute Gasteiger partial charge is 0.252 e. The molecular weight excluding hydrogens is 304 g/mol. The standard InChI is InChI=1S/C19H26N2O3/c22-17(15-7-2-1-3-8-15)21-16-9-4-6-14(12-16)13-20-18(23)19(24)10-5-11-19/h4,6,9,12,15,24H,1-3,5,7-8,10-11,13H2,(H,20,23)(H,21,22). The zero-order valence-electron chi connectivity index (χ0n) is 14.0. The Kier molecular flexibility index (Phi) is 5.19. The number of benzene rings is 1. The Hall–Kier alpha value is -1.88. The van der Waals surface area contributed by atoms with Crippen LogP contribution in [0.15, 0.2) is 24.3 Å². The van der Waals surface area contributed by atoms with Gasteiger partial charge in [0.25, 0.3) is 5.91 Å². The maximum Gasteiger partial charge on any atom is 0.252 e. The maximum absolute atomic E-state index is 12.3. The van der Waals surface area contributed by atoms with Crippen molar-refractivity contribution in [2.45, 2.75) is 63.5 Å². The zero-order valence-corrected chi connectivity index (χ0v) is 14.0. The topological polar surface area (TPSA) is 78.4 Å². The Morgan fingerprint density at radius 3 is 2.54 bits per heavy atom. The number of amides is 2. The van der Waals surface area contributed by atoms with Crippen molar-refractivity contribution in [3.05, 3.63) is 29.8 Å². The fourth-order valence-electron chi connectivity index (χ4n) is 3.45. The second kappa shape index (κ2) is 7.34. The van der Waals surface area contributed by atoms with E-state index in [1.807, 2.05) is 24.3 Å². The molecule has 0 aromatic heterocycles. The van der Waals surface area contributed by atoms with Crippen molar-refractivity contribution in [2.24, 2.45) is 5.92 Å². The van der Waals surface area contributed by atoms with E-state index in [1.165, 1.54) is 6.42 Å². The van der Waals surface area contributed by atoms with Crippen LogP contribution in [0.1, 0.15) is 56.9 Å². The predicted molar refractivity (Wildman–Crippen MR) is 92.3 cm³/mol. The van der Waals surface area contributed by atoms with Gasteiger partial charge in [-0.3, -0.25) is 9.59 Å². The van der Waals surface area contributed by atoms with Gasteiger partial charge in [0.1, 0.15) is 5.60 Å². The minimum Gasteiger partial charge on any atom is -0.380 e. The second-order valence-corrected chi connectivity index (χ2v) is 7.09. The van der Waals surface area contributed by atoms with Gasteiger partial charge >= 0.3 is 0 Å². The molecule has 24 heavy (non-hydrogen) atoms. The van der Waals surface area contributed by atoms with Crippen molar-refractivity contribution >= 4 is 17.5 Å². The molecular formula is C19H26N2O3. The maximum atomic E-state index is 12.3. The van der Waals surface area contributed by atoms with Crippen LogP contribution < -0.4 is 10.6 Å². The normalized spacial score (nSPS) is 20.0. The molecule has 3 N–H and O–H groups in total. The summed E-state index contributed by atoms with van der Waals surface area (Å²) in [7, 11) is 0. The van der Waals surface area contributed by atoms with Gasteiger partial charge in [0.05, 0.1) is 0 Å². The Balaban J connectivity index is 1.53. The van der Waals surface area contributed by atoms with E-state index in [0.29, 0.717) is 19.4 Å². The summed E-state index contributed by atoms with van der Waals surface area (Å²) < 4.78 is 0. The van der Waals surface area contributed by atoms with Crippen LogP contribution in [0.2, 0.25) is 0 Å². The van der Waals surface area contributed by atoms with Gasteiger partial charge in [0.2, 0.25) is 5.91 Å². The molecule has 0 spiro atoms. The average Bonchev–Trinajstić information content (AvgIpc) is 2.58. The molecule has 0 aliphatic heterocycles. The third-order valence-corrected chi connectivity index (χ3v) is 5.23. The van der Waals surface area contributed by atoms with E-state index in [2.05, 4.69) is 10.6 Å². The van der Waals surface area contributed by atoms with Gasteiger partial charge in [-0.1, -0.05) is 31.4 Å². The molecule has 0 radical (unpaired) electrons. The van der Waals surface area contributed by atoms with Gasteiger partial charge in [-0.25, -0.2) is 0 Å². The fourth-order valence-corrected chi connectivity index (χ4v) is 3.45. The van der Waals surface area contributed by atoms with Crippen molar-refractivity contribution in [2.75, 3.05) is 5.32 Å². The molecule has 2 fully saturated rings. The summed E-state index contributed by atoms with van der Waals surface area (Å²) >= 11 is 0. The van der Waals surface area contributed by atoms with Gasteiger partial charge in [0.15, 0.2) is 0 Å². The van der Waals surface area contributed by atoms with E-state index in [1.54, 1.807) is 0 Å². The molecule has 5 nitrogen and oxygen atoms in total. The molecule has 3 rings (SSSR count). The number of carbonyl (C=O) groups is 2. The van der Waals surface area contributed by atoms with Crippen LogP contribution in [-0.4, -0.2) is 22.5 Å². The number of aliphatic hydroxyl groups is 1. The quantitative estimate of drug-likeness (QED) is 0.777. The van der Waals surface area contributed by atoms with Crippen LogP contribution >= 0.6 is 0 Å². The van der Waals surface area contributed by atoms with E-state index in [9.17, 15) is 14.7 Å². The monoisotopic (exact) mass is 330 g/mol. The first-order valence-electron chi connectivity index (χ1n) is 8.97. The van der Waals surface area contributed by atoms with Crippen molar-refractivity contribution in [3.63, 3.8) is 0 Å². The second-order valence-electron chi connectivity index (χ2n) is 7.09. The molecule has 0 heterocycles. The molecule has 0 atom stereocenters. The van der Waals surface area contributed by atoms with Crippen LogP contribution in [-0.2, 0) is 16.1 Å². The highest BCUT2D eigenvalue weighted by Gasteiger charge is 2.41. The number of hydrogen-bond acceptors (Lipinski definition) is 3. The van der Waals surface area contributed by atoms with Crippen molar-refractivity contribution in [3.8, 4) is 0 Å². The third-order valence-electron chi connectivity index (χ3n) is 5.23. The molecule has 2 amide bonds. The highest BCUT2D eigenvalue weighted by atomic mass is 16.3. The number of nitrogens with one attached hydrogen (secondary N) is 2. The summed E-state index contributed by atoms with van der Waals surface area (Å²) in [5.41, 5.74) is 0.500. The lowest BCUT2D eigenvalue weighted by Gasteiger charge is -2.34. The first-order chi connectivity index (χ1) is 11.6. The first-order valence-corrected chi connectivity index (χ1v) is 8.97. The van der Waals surface area contributed by atoms with Crippen molar-refractivity contribution < 1.29 is 14.7 Å². The van der Waals surface area contributed by atoms with Gasteiger partial charge in [-0.15, -0.1) is 0 Å². The van der Waals surface area contributed by atoms with Crippen LogP contribution in [0, 0.1) is 5.92 Å². The zero-order chi connectivity index (χ0) is 17.0. The highest BCUT2D eigenvalue weighted by Crippen LogP contribution is 2.31. The van der Waals surface area contributed by atoms with Gasteiger partial charge in [-0.05, 0) is 49.8 Å². The molecule has 1 aromatic rings. The van der Waals surface area contributed by atoms with E-state index >= 15 is 0 Å². The van der Waals surface area contributed by atoms with Crippen molar-refractivity contribution in [1.82, 2.24) is 5.32 Å². The highest BCUT2D eigenvalue weighted by molar-refractivity contribution is 5.92. The minimum absolute atomic E-state index is 0.0969. The van der Waals surface area contributed by atoms with E-state index < -0.39 is 5.60 Å². The van der Waals surface area contributed by atoms with Crippen LogP contribution in [0.4, 0.5) is 5.69 Å². The average molecular weight is 330 g/mol. The molecule has 0 bridgehead atoms. The number of anilines is 1. The SMILES string of the molecule is O=C(Nc1cccc(CNC(=O)C2(O)CCC2)c1)C1CCCCC1. The van der Waals surface area contributed by atoms with Gasteiger partial charge in [-0.2, -0.15) is 0 Å². The molecule has 2 aliphatic rings. The first kappa shape index (κ1) is 17.0. The van der Waals surface area contributed by atoms with Crippen LogP contribution in [0.25, 0.3) is 0 Å². The number of hydrogen-bond donors (Lipinski definition) is 3. The Labute approximate surface area is 142 Å². The lowest BCUT2D eigenvalue weighted by atomic mass is 9.79. The number of rotatable bonds is 5. The van der Waals surface area contributed by atoms with Crippen LogP contribution in [0.3, 0.4) is 0 Å². The van der Waals surface area contributed by atoms with E-state index in [4.69, 9.17) is 0 Å². The summed E-state index contributed by atoms with van der Waals surface area (Å²) in [5, 5.41) is 15.8. The third kappa shape index (κ3) is 3.96. The van der Waals surface area contributed by atoms with E-state index in [-0.39, 0.29) is 17.7 Å². The Morgan fingerprint density at radius 2 is 1.88 bits per heavy atom. The number of carbonyl (C=O) groups excluding carboxylic acids is 2.